The van der Waals surface area contributed by atoms with Crippen LogP contribution < -0.4 is 0 Å². The molecule has 1 aliphatic heterocycles. The molecule has 4 atom stereocenters. The van der Waals surface area contributed by atoms with Gasteiger partial charge in [0.15, 0.2) is 0 Å². The fourth-order valence-corrected chi connectivity index (χ4v) is 3.17. The Hall–Kier alpha value is -0.0151. The van der Waals surface area contributed by atoms with E-state index in [1.165, 1.54) is 12.8 Å². The maximum Gasteiger partial charge on any atom is 0.488 e. The first-order valence-electron chi connectivity index (χ1n) is 4.82. The fourth-order valence-electron chi connectivity index (χ4n) is 3.17. The zero-order valence-electron chi connectivity index (χ0n) is 7.62. The molecule has 2 nitrogen and oxygen atoms in total. The van der Waals surface area contributed by atoms with Gasteiger partial charge < -0.3 is 9.31 Å². The lowest BCUT2D eigenvalue weighted by atomic mass is 9.47. The minimum absolute atomic E-state index is 0.366. The summed E-state index contributed by atoms with van der Waals surface area (Å²) in [6.45, 7) is 4.73. The van der Waals surface area contributed by atoms with Crippen molar-refractivity contribution in [3.63, 3.8) is 0 Å². The first-order chi connectivity index (χ1) is 5.69. The average molecular weight is 165 g/mol. The Morgan fingerprint density at radius 3 is 2.83 bits per heavy atom. The first kappa shape index (κ1) is 7.39. The van der Waals surface area contributed by atoms with E-state index in [1.54, 1.807) is 7.69 Å². The molecule has 4 unspecified atom stereocenters. The summed E-state index contributed by atoms with van der Waals surface area (Å²) >= 11 is 0. The normalized spacial score (nSPS) is 53.8. The molecule has 0 amide bonds. The highest BCUT2D eigenvalue weighted by Crippen LogP contribution is 2.61. The van der Waals surface area contributed by atoms with Gasteiger partial charge in [-0.15, -0.1) is 0 Å². The summed E-state index contributed by atoms with van der Waals surface area (Å²) in [6.07, 6.45) is 3.29. The van der Waals surface area contributed by atoms with Crippen LogP contribution in [0.15, 0.2) is 0 Å². The molecule has 0 aromatic rings. The minimum atomic E-state index is 0.366. The van der Waals surface area contributed by atoms with Crippen LogP contribution in [0.5, 0.6) is 0 Å². The SMILES string of the molecule is CC1(C)C2CC3O[B]OC3C1C2. The topological polar surface area (TPSA) is 18.5 Å². The highest BCUT2D eigenvalue weighted by atomic mass is 16.6. The highest BCUT2D eigenvalue weighted by Gasteiger charge is 2.60. The van der Waals surface area contributed by atoms with Gasteiger partial charge in [-0.25, -0.2) is 0 Å². The summed E-state index contributed by atoms with van der Waals surface area (Å²) in [5.74, 6) is 1.61. The molecule has 3 aliphatic carbocycles. The lowest BCUT2D eigenvalue weighted by Crippen LogP contribution is -2.59. The van der Waals surface area contributed by atoms with E-state index in [0.717, 1.165) is 11.8 Å². The van der Waals surface area contributed by atoms with Crippen LogP contribution in [-0.4, -0.2) is 19.9 Å². The molecule has 4 aliphatic rings. The second-order valence-electron chi connectivity index (χ2n) is 4.97. The summed E-state index contributed by atoms with van der Waals surface area (Å²) in [7, 11) is 1.55. The third-order valence-electron chi connectivity index (χ3n) is 4.27. The van der Waals surface area contributed by atoms with Crippen LogP contribution in [0.3, 0.4) is 0 Å². The Morgan fingerprint density at radius 2 is 2.08 bits per heavy atom. The molecule has 0 aromatic heterocycles. The van der Waals surface area contributed by atoms with E-state index in [0.29, 0.717) is 17.6 Å². The van der Waals surface area contributed by atoms with Crippen molar-refractivity contribution in [3.8, 4) is 0 Å². The molecule has 0 spiro atoms. The van der Waals surface area contributed by atoms with Crippen LogP contribution in [0.2, 0.25) is 0 Å². The van der Waals surface area contributed by atoms with Crippen molar-refractivity contribution in [2.24, 2.45) is 17.3 Å². The van der Waals surface area contributed by atoms with E-state index < -0.39 is 0 Å². The Morgan fingerprint density at radius 1 is 1.25 bits per heavy atom. The summed E-state index contributed by atoms with van der Waals surface area (Å²) < 4.78 is 10.9. The molecule has 1 radical (unpaired) electrons. The van der Waals surface area contributed by atoms with E-state index in [-0.39, 0.29) is 0 Å². The van der Waals surface area contributed by atoms with Gasteiger partial charge in [0, 0.05) is 0 Å². The first-order valence-corrected chi connectivity index (χ1v) is 4.82. The lowest BCUT2D eigenvalue weighted by molar-refractivity contribution is -0.150. The van der Waals surface area contributed by atoms with Crippen molar-refractivity contribution in [1.29, 1.82) is 0 Å². The van der Waals surface area contributed by atoms with Crippen molar-refractivity contribution in [2.75, 3.05) is 0 Å². The third kappa shape index (κ3) is 0.698. The molecule has 1 heterocycles. The zero-order chi connectivity index (χ0) is 8.34. The second kappa shape index (κ2) is 2.07. The predicted octanol–water partition coefficient (Wildman–Crippen LogP) is 1.37. The molecule has 12 heavy (non-hydrogen) atoms. The Kier molecular flexibility index (Phi) is 1.28. The van der Waals surface area contributed by atoms with Crippen molar-refractivity contribution >= 4 is 7.69 Å². The molecule has 3 saturated carbocycles. The quantitative estimate of drug-likeness (QED) is 0.504. The van der Waals surface area contributed by atoms with Crippen molar-refractivity contribution < 1.29 is 9.31 Å². The van der Waals surface area contributed by atoms with E-state index >= 15 is 0 Å². The van der Waals surface area contributed by atoms with Gasteiger partial charge in [-0.1, -0.05) is 13.8 Å². The van der Waals surface area contributed by atoms with Gasteiger partial charge >= 0.3 is 7.69 Å². The molecular weight excluding hydrogens is 151 g/mol. The lowest BCUT2D eigenvalue weighted by Gasteiger charge is -2.60. The van der Waals surface area contributed by atoms with Crippen LogP contribution in [-0.2, 0) is 9.31 Å². The van der Waals surface area contributed by atoms with Gasteiger partial charge in [-0.3, -0.25) is 0 Å². The zero-order valence-corrected chi connectivity index (χ0v) is 7.62. The summed E-state index contributed by atoms with van der Waals surface area (Å²) in [4.78, 5) is 0. The van der Waals surface area contributed by atoms with Crippen LogP contribution in [0.25, 0.3) is 0 Å². The van der Waals surface area contributed by atoms with Gasteiger partial charge in [0.2, 0.25) is 0 Å². The molecule has 65 valence electrons. The summed E-state index contributed by atoms with van der Waals surface area (Å²) in [5.41, 5.74) is 0.503. The van der Waals surface area contributed by atoms with Gasteiger partial charge in [0.05, 0.1) is 12.2 Å². The summed E-state index contributed by atoms with van der Waals surface area (Å²) in [5, 5.41) is 0. The molecule has 4 rings (SSSR count). The van der Waals surface area contributed by atoms with Crippen molar-refractivity contribution in [1.82, 2.24) is 0 Å². The maximum absolute atomic E-state index is 5.50. The largest absolute Gasteiger partial charge is 0.488 e. The van der Waals surface area contributed by atoms with Gasteiger partial charge in [0.1, 0.15) is 0 Å². The highest BCUT2D eigenvalue weighted by molar-refractivity contribution is 6.19. The van der Waals surface area contributed by atoms with Crippen LogP contribution in [0.1, 0.15) is 26.7 Å². The molecule has 1 saturated heterocycles. The Labute approximate surface area is 73.9 Å². The monoisotopic (exact) mass is 165 g/mol. The fraction of sp³-hybridized carbons (Fsp3) is 1.00. The van der Waals surface area contributed by atoms with Crippen molar-refractivity contribution in [2.45, 2.75) is 38.9 Å². The molecule has 0 aromatic carbocycles. The molecular formula is C9H14BO2. The smallest absolute Gasteiger partial charge is 0.408 e. The van der Waals surface area contributed by atoms with E-state index in [1.807, 2.05) is 0 Å². The molecule has 3 heteroatoms. The van der Waals surface area contributed by atoms with Gasteiger partial charge in [0.25, 0.3) is 0 Å². The minimum Gasteiger partial charge on any atom is -0.408 e. The van der Waals surface area contributed by atoms with E-state index in [4.69, 9.17) is 9.31 Å². The molecule has 4 fully saturated rings. The van der Waals surface area contributed by atoms with Crippen LogP contribution >= 0.6 is 0 Å². The van der Waals surface area contributed by atoms with E-state index in [9.17, 15) is 0 Å². The maximum atomic E-state index is 5.50. The molecule has 0 N–H and O–H groups in total. The molecule has 2 bridgehead atoms. The average Bonchev–Trinajstić information content (AvgIpc) is 2.49. The van der Waals surface area contributed by atoms with Crippen molar-refractivity contribution in [3.05, 3.63) is 0 Å². The van der Waals surface area contributed by atoms with Crippen LogP contribution in [0.4, 0.5) is 0 Å². The van der Waals surface area contributed by atoms with E-state index in [2.05, 4.69) is 13.8 Å². The summed E-state index contributed by atoms with van der Waals surface area (Å²) in [6, 6.07) is 0. The van der Waals surface area contributed by atoms with Gasteiger partial charge in [-0.2, -0.15) is 0 Å². The predicted molar refractivity (Wildman–Crippen MR) is 45.5 cm³/mol. The number of hydrogen-bond donors (Lipinski definition) is 0. The van der Waals surface area contributed by atoms with Crippen LogP contribution in [0, 0.1) is 17.3 Å². The Bertz CT molecular complexity index is 217. The third-order valence-corrected chi connectivity index (χ3v) is 4.27. The standard InChI is InChI=1S/C9H14BO2/c1-9(2)5-3-6(9)8-7(4-5)11-10-12-8/h5-8H,3-4H2,1-2H3. The Balaban J connectivity index is 1.88. The number of rotatable bonds is 0. The number of hydrogen-bond acceptors (Lipinski definition) is 2. The van der Waals surface area contributed by atoms with Gasteiger partial charge in [-0.05, 0) is 30.1 Å². The second-order valence-corrected chi connectivity index (χ2v) is 4.97.